The second-order valence-electron chi connectivity index (χ2n) is 5.70. The normalized spacial score (nSPS) is 11.1. The first-order valence-electron chi connectivity index (χ1n) is 7.62. The predicted octanol–water partition coefficient (Wildman–Crippen LogP) is 2.83. The Bertz CT molecular complexity index is 1120. The molecule has 0 atom stereocenters. The van der Waals surface area contributed by atoms with E-state index in [2.05, 4.69) is 20.6 Å². The van der Waals surface area contributed by atoms with E-state index in [-0.39, 0.29) is 11.1 Å². The van der Waals surface area contributed by atoms with E-state index in [4.69, 9.17) is 0 Å². The topological polar surface area (TPSA) is 72.7 Å². The van der Waals surface area contributed by atoms with Crippen molar-refractivity contribution in [3.63, 3.8) is 0 Å². The second-order valence-corrected chi connectivity index (χ2v) is 5.70. The van der Waals surface area contributed by atoms with Crippen molar-refractivity contribution in [1.82, 2.24) is 19.9 Å². The van der Waals surface area contributed by atoms with Crippen molar-refractivity contribution >= 4 is 27.6 Å². The molecule has 0 aliphatic rings. The maximum atomic E-state index is 12.8. The van der Waals surface area contributed by atoms with E-state index in [0.717, 1.165) is 22.2 Å². The molecule has 0 spiro atoms. The van der Waals surface area contributed by atoms with Crippen LogP contribution in [-0.4, -0.2) is 19.9 Å². The van der Waals surface area contributed by atoms with Gasteiger partial charge in [0.05, 0.1) is 11.2 Å². The lowest BCUT2D eigenvalue weighted by atomic mass is 10.1. The third kappa shape index (κ3) is 2.28. The van der Waals surface area contributed by atoms with E-state index < -0.39 is 0 Å². The molecule has 0 saturated carbocycles. The molecule has 2 aromatic heterocycles. The van der Waals surface area contributed by atoms with Gasteiger partial charge in [-0.1, -0.05) is 29.8 Å². The molecule has 6 heteroatoms. The second kappa shape index (κ2) is 5.42. The maximum Gasteiger partial charge on any atom is 0.300 e. The summed E-state index contributed by atoms with van der Waals surface area (Å²) in [6, 6.07) is 15.3. The molecule has 0 saturated heterocycles. The van der Waals surface area contributed by atoms with E-state index in [1.165, 1.54) is 4.68 Å². The highest BCUT2D eigenvalue weighted by Gasteiger charge is 2.13. The average molecular weight is 317 g/mol. The van der Waals surface area contributed by atoms with Crippen molar-refractivity contribution in [3.8, 4) is 0 Å². The van der Waals surface area contributed by atoms with Gasteiger partial charge in [-0.05, 0) is 38.1 Å². The molecule has 0 fully saturated rings. The van der Waals surface area contributed by atoms with Crippen molar-refractivity contribution in [2.45, 2.75) is 13.8 Å². The molecule has 6 nitrogen and oxygen atoms in total. The number of para-hydroxylation sites is 1. The minimum absolute atomic E-state index is 0.252. The molecule has 0 bridgehead atoms. The highest BCUT2D eigenvalue weighted by atomic mass is 16.1. The van der Waals surface area contributed by atoms with Crippen LogP contribution in [0.3, 0.4) is 0 Å². The molecule has 0 unspecified atom stereocenters. The fraction of sp³-hybridized carbons (Fsp3) is 0.111. The number of rotatable bonds is 2. The third-order valence-electron chi connectivity index (χ3n) is 3.91. The number of benzene rings is 2. The molecular formula is C18H15N5O. The lowest BCUT2D eigenvalue weighted by Crippen LogP contribution is -2.30. The monoisotopic (exact) mass is 317 g/mol. The van der Waals surface area contributed by atoms with Crippen LogP contribution in [0.1, 0.15) is 11.4 Å². The van der Waals surface area contributed by atoms with Gasteiger partial charge in [-0.2, -0.15) is 0 Å². The summed E-state index contributed by atoms with van der Waals surface area (Å²) in [6.45, 7) is 3.79. The van der Waals surface area contributed by atoms with Crippen molar-refractivity contribution in [2.24, 2.45) is 0 Å². The van der Waals surface area contributed by atoms with Crippen LogP contribution in [0.2, 0.25) is 0 Å². The minimum atomic E-state index is -0.266. The van der Waals surface area contributed by atoms with Crippen molar-refractivity contribution in [1.29, 1.82) is 0 Å². The van der Waals surface area contributed by atoms with Gasteiger partial charge in [-0.3, -0.25) is 10.2 Å². The van der Waals surface area contributed by atoms with Crippen LogP contribution in [0.5, 0.6) is 0 Å². The minimum Gasteiger partial charge on any atom is -0.290 e. The quantitative estimate of drug-likeness (QED) is 0.576. The molecular weight excluding hydrogens is 302 g/mol. The van der Waals surface area contributed by atoms with Gasteiger partial charge in [0.2, 0.25) is 0 Å². The van der Waals surface area contributed by atoms with Gasteiger partial charge >= 0.3 is 5.56 Å². The fourth-order valence-corrected chi connectivity index (χ4v) is 2.70. The molecule has 0 aliphatic carbocycles. The number of nitrogens with one attached hydrogen (secondary N) is 1. The zero-order valence-corrected chi connectivity index (χ0v) is 13.3. The summed E-state index contributed by atoms with van der Waals surface area (Å²) in [4.78, 5) is 17.4. The first-order valence-corrected chi connectivity index (χ1v) is 7.62. The van der Waals surface area contributed by atoms with Crippen LogP contribution >= 0.6 is 0 Å². The number of anilines is 1. The number of hydrogen-bond donors (Lipinski definition) is 1. The number of aryl methyl sites for hydroxylation is 2. The number of aromatic nitrogens is 4. The van der Waals surface area contributed by atoms with E-state index in [1.54, 1.807) is 6.92 Å². The van der Waals surface area contributed by atoms with Gasteiger partial charge in [-0.15, -0.1) is 10.2 Å². The van der Waals surface area contributed by atoms with E-state index in [9.17, 15) is 4.79 Å². The molecule has 4 aromatic rings. The molecule has 2 heterocycles. The largest absolute Gasteiger partial charge is 0.300 e. The molecule has 24 heavy (non-hydrogen) atoms. The van der Waals surface area contributed by atoms with Crippen LogP contribution in [0.25, 0.3) is 21.9 Å². The number of fused-ring (bicyclic) bond motifs is 3. The van der Waals surface area contributed by atoms with E-state index in [0.29, 0.717) is 11.3 Å². The Morgan fingerprint density at radius 2 is 1.75 bits per heavy atom. The highest BCUT2D eigenvalue weighted by Crippen LogP contribution is 2.20. The first-order chi connectivity index (χ1) is 11.6. The zero-order chi connectivity index (χ0) is 16.7. The molecule has 0 amide bonds. The summed E-state index contributed by atoms with van der Waals surface area (Å²) in [5, 5.41) is 9.09. The van der Waals surface area contributed by atoms with Gasteiger partial charge in [0, 0.05) is 5.39 Å². The van der Waals surface area contributed by atoms with Crippen molar-refractivity contribution < 1.29 is 0 Å². The first kappa shape index (κ1) is 14.3. The Kier molecular flexibility index (Phi) is 3.23. The van der Waals surface area contributed by atoms with Crippen molar-refractivity contribution in [2.75, 3.05) is 5.43 Å². The fourth-order valence-electron chi connectivity index (χ4n) is 2.70. The Morgan fingerprint density at radius 1 is 0.958 bits per heavy atom. The molecule has 2 aromatic carbocycles. The van der Waals surface area contributed by atoms with Gasteiger partial charge in [0.1, 0.15) is 11.3 Å². The standard InChI is InChI=1S/C18H15N5O/c1-11-8-9-15-14(10-11)16-17(21-20-15)18(24)23(12(2)19-16)22-13-6-4-3-5-7-13/h3-10,22H,1-2H3. The molecule has 0 radical (unpaired) electrons. The van der Waals surface area contributed by atoms with Gasteiger partial charge in [-0.25, -0.2) is 9.66 Å². The average Bonchev–Trinajstić information content (AvgIpc) is 2.59. The smallest absolute Gasteiger partial charge is 0.290 e. The molecule has 0 aliphatic heterocycles. The van der Waals surface area contributed by atoms with E-state index in [1.807, 2.05) is 55.5 Å². The lowest BCUT2D eigenvalue weighted by molar-refractivity contribution is 0.819. The Balaban J connectivity index is 1.98. The maximum absolute atomic E-state index is 12.8. The summed E-state index contributed by atoms with van der Waals surface area (Å²) < 4.78 is 1.40. The van der Waals surface area contributed by atoms with Crippen LogP contribution in [-0.2, 0) is 0 Å². The molecule has 1 N–H and O–H groups in total. The van der Waals surface area contributed by atoms with Crippen LogP contribution in [0.4, 0.5) is 5.69 Å². The SMILES string of the molecule is Cc1ccc2nnc3c(=O)n(Nc4ccccc4)c(C)nc3c2c1. The van der Waals surface area contributed by atoms with Crippen LogP contribution in [0.15, 0.2) is 53.3 Å². The molecule has 4 rings (SSSR count). The van der Waals surface area contributed by atoms with Crippen LogP contribution < -0.4 is 11.0 Å². The Morgan fingerprint density at radius 3 is 2.54 bits per heavy atom. The predicted molar refractivity (Wildman–Crippen MR) is 94.0 cm³/mol. The van der Waals surface area contributed by atoms with Crippen LogP contribution in [0, 0.1) is 13.8 Å². The van der Waals surface area contributed by atoms with E-state index >= 15 is 0 Å². The summed E-state index contributed by atoms with van der Waals surface area (Å²) in [5.41, 5.74) is 6.25. The number of hydrogen-bond acceptors (Lipinski definition) is 5. The Hall–Kier alpha value is -3.28. The number of nitrogens with zero attached hydrogens (tertiary/aromatic N) is 4. The van der Waals surface area contributed by atoms with Gasteiger partial charge in [0.25, 0.3) is 0 Å². The molecule has 118 valence electrons. The summed E-state index contributed by atoms with van der Waals surface area (Å²) in [7, 11) is 0. The highest BCUT2D eigenvalue weighted by molar-refractivity contribution is 6.00. The lowest BCUT2D eigenvalue weighted by Gasteiger charge is -2.13. The third-order valence-corrected chi connectivity index (χ3v) is 3.91. The van der Waals surface area contributed by atoms with Gasteiger partial charge < -0.3 is 0 Å². The summed E-state index contributed by atoms with van der Waals surface area (Å²) in [6.07, 6.45) is 0. The zero-order valence-electron chi connectivity index (χ0n) is 13.3. The summed E-state index contributed by atoms with van der Waals surface area (Å²) >= 11 is 0. The summed E-state index contributed by atoms with van der Waals surface area (Å²) in [5.74, 6) is 0.562. The van der Waals surface area contributed by atoms with Gasteiger partial charge in [0.15, 0.2) is 5.52 Å². The Labute approximate surface area is 137 Å². The van der Waals surface area contributed by atoms with Crippen molar-refractivity contribution in [3.05, 3.63) is 70.3 Å².